The van der Waals surface area contributed by atoms with E-state index in [1.54, 1.807) is 6.92 Å². The van der Waals surface area contributed by atoms with E-state index in [0.29, 0.717) is 51.4 Å². The van der Waals surface area contributed by atoms with E-state index in [1.165, 1.54) is 0 Å². The third-order valence-electron chi connectivity index (χ3n) is 5.35. The van der Waals surface area contributed by atoms with Gasteiger partial charge in [0, 0.05) is 38.0 Å². The monoisotopic (exact) mass is 364 g/mol. The number of hydrogen-bond acceptors (Lipinski definition) is 5. The van der Waals surface area contributed by atoms with Crippen LogP contribution < -0.4 is 0 Å². The number of likely N-dealkylation sites (tertiary alicyclic amines) is 1. The Hall–Kier alpha value is -1.86. The Morgan fingerprint density at radius 3 is 2.46 bits per heavy atom. The van der Waals surface area contributed by atoms with Crippen molar-refractivity contribution < 1.29 is 23.8 Å². The number of aryl methyl sites for hydroxylation is 1. The Balaban J connectivity index is 1.56. The first-order chi connectivity index (χ1) is 12.5. The molecule has 0 aliphatic carbocycles. The molecule has 0 unspecified atom stereocenters. The number of aromatic amines is 1. The normalized spacial score (nSPS) is 19.1. The summed E-state index contributed by atoms with van der Waals surface area (Å²) in [5.41, 5.74) is 3.31. The lowest BCUT2D eigenvalue weighted by Gasteiger charge is -2.37. The van der Waals surface area contributed by atoms with E-state index in [0.717, 1.165) is 29.7 Å². The van der Waals surface area contributed by atoms with E-state index in [1.807, 2.05) is 18.7 Å². The van der Waals surface area contributed by atoms with Gasteiger partial charge in [-0.15, -0.1) is 0 Å². The molecular formula is C19H28N2O5. The molecule has 1 amide bonds. The molecule has 3 heterocycles. The van der Waals surface area contributed by atoms with Gasteiger partial charge in [0.2, 0.25) is 5.91 Å². The fraction of sp³-hybridized carbons (Fsp3) is 0.684. The van der Waals surface area contributed by atoms with Crippen molar-refractivity contribution in [3.8, 4) is 0 Å². The Kier molecular flexibility index (Phi) is 5.67. The maximum absolute atomic E-state index is 12.6. The summed E-state index contributed by atoms with van der Waals surface area (Å²) < 4.78 is 16.5. The van der Waals surface area contributed by atoms with Crippen molar-refractivity contribution in [2.24, 2.45) is 0 Å². The Bertz CT molecular complexity index is 666. The number of piperidine rings is 1. The predicted molar refractivity (Wildman–Crippen MR) is 95.0 cm³/mol. The van der Waals surface area contributed by atoms with E-state index in [2.05, 4.69) is 4.98 Å². The molecule has 2 saturated heterocycles. The lowest BCUT2D eigenvalue weighted by molar-refractivity contribution is -0.187. The van der Waals surface area contributed by atoms with E-state index in [9.17, 15) is 9.59 Å². The largest absolute Gasteiger partial charge is 0.461 e. The summed E-state index contributed by atoms with van der Waals surface area (Å²) in [7, 11) is 0. The highest BCUT2D eigenvalue weighted by molar-refractivity contribution is 5.90. The number of aromatic nitrogens is 1. The van der Waals surface area contributed by atoms with Crippen LogP contribution in [-0.2, 0) is 25.4 Å². The van der Waals surface area contributed by atoms with E-state index in [4.69, 9.17) is 14.2 Å². The lowest BCUT2D eigenvalue weighted by Crippen LogP contribution is -2.47. The molecule has 3 rings (SSSR count). The zero-order chi connectivity index (χ0) is 18.7. The summed E-state index contributed by atoms with van der Waals surface area (Å²) in [6.07, 6.45) is 2.50. The summed E-state index contributed by atoms with van der Waals surface area (Å²) in [6.45, 7) is 8.56. The summed E-state index contributed by atoms with van der Waals surface area (Å²) in [6, 6.07) is 0. The number of esters is 1. The van der Waals surface area contributed by atoms with Crippen LogP contribution in [0, 0.1) is 13.8 Å². The molecule has 2 aliphatic heterocycles. The molecule has 1 aromatic heterocycles. The van der Waals surface area contributed by atoms with Gasteiger partial charge in [-0.25, -0.2) is 4.79 Å². The van der Waals surface area contributed by atoms with Crippen molar-refractivity contribution in [3.63, 3.8) is 0 Å². The van der Waals surface area contributed by atoms with Crippen LogP contribution in [0.2, 0.25) is 0 Å². The van der Waals surface area contributed by atoms with Gasteiger partial charge in [0.15, 0.2) is 5.79 Å². The Morgan fingerprint density at radius 1 is 1.19 bits per heavy atom. The number of amides is 1. The van der Waals surface area contributed by atoms with Crippen molar-refractivity contribution in [1.82, 2.24) is 9.88 Å². The molecule has 1 spiro atoms. The SMILES string of the molecule is CCOC(=O)c1[nH]c(C)c(CCC(=O)N2CCC3(CC2)OCCO3)c1C. The highest BCUT2D eigenvalue weighted by Crippen LogP contribution is 2.31. The highest BCUT2D eigenvalue weighted by Gasteiger charge is 2.40. The average molecular weight is 364 g/mol. The van der Waals surface area contributed by atoms with E-state index >= 15 is 0 Å². The van der Waals surface area contributed by atoms with Crippen LogP contribution in [0.15, 0.2) is 0 Å². The second-order valence-corrected chi connectivity index (χ2v) is 6.94. The zero-order valence-electron chi connectivity index (χ0n) is 15.9. The fourth-order valence-electron chi connectivity index (χ4n) is 3.84. The maximum atomic E-state index is 12.6. The van der Waals surface area contributed by atoms with Crippen LogP contribution in [0.5, 0.6) is 0 Å². The van der Waals surface area contributed by atoms with Gasteiger partial charge < -0.3 is 24.1 Å². The summed E-state index contributed by atoms with van der Waals surface area (Å²) >= 11 is 0. The minimum atomic E-state index is -0.459. The van der Waals surface area contributed by atoms with Crippen molar-refractivity contribution in [3.05, 3.63) is 22.5 Å². The van der Waals surface area contributed by atoms with Gasteiger partial charge in [-0.1, -0.05) is 0 Å². The number of rotatable bonds is 5. The molecule has 0 bridgehead atoms. The Morgan fingerprint density at radius 2 is 1.85 bits per heavy atom. The summed E-state index contributed by atoms with van der Waals surface area (Å²) in [5, 5.41) is 0. The van der Waals surface area contributed by atoms with Crippen molar-refractivity contribution in [2.75, 3.05) is 32.9 Å². The highest BCUT2D eigenvalue weighted by atomic mass is 16.7. The quantitative estimate of drug-likeness (QED) is 0.810. The third kappa shape index (κ3) is 3.78. The van der Waals surface area contributed by atoms with Crippen molar-refractivity contribution in [2.45, 2.75) is 52.2 Å². The number of ether oxygens (including phenoxy) is 3. The first kappa shape index (κ1) is 18.9. The summed E-state index contributed by atoms with van der Waals surface area (Å²) in [5.74, 6) is -0.668. The molecule has 7 nitrogen and oxygen atoms in total. The zero-order valence-corrected chi connectivity index (χ0v) is 15.9. The van der Waals surface area contributed by atoms with Crippen LogP contribution in [0.3, 0.4) is 0 Å². The number of H-pyrrole nitrogens is 1. The van der Waals surface area contributed by atoms with Crippen LogP contribution >= 0.6 is 0 Å². The van der Waals surface area contributed by atoms with Crippen LogP contribution in [-0.4, -0.2) is 60.5 Å². The van der Waals surface area contributed by atoms with Crippen LogP contribution in [0.4, 0.5) is 0 Å². The molecule has 1 N–H and O–H groups in total. The van der Waals surface area contributed by atoms with Gasteiger partial charge in [-0.3, -0.25) is 4.79 Å². The van der Waals surface area contributed by atoms with Gasteiger partial charge >= 0.3 is 5.97 Å². The van der Waals surface area contributed by atoms with Gasteiger partial charge in [-0.05, 0) is 38.3 Å². The second kappa shape index (κ2) is 7.80. The minimum Gasteiger partial charge on any atom is -0.461 e. The fourth-order valence-corrected chi connectivity index (χ4v) is 3.84. The standard InChI is InChI=1S/C19H28N2O5/c1-4-24-18(23)17-13(2)15(14(3)20-17)5-6-16(22)21-9-7-19(8-10-21)25-11-12-26-19/h20H,4-12H2,1-3H3. The number of nitrogens with one attached hydrogen (secondary N) is 1. The minimum absolute atomic E-state index is 0.135. The molecule has 7 heteroatoms. The maximum Gasteiger partial charge on any atom is 0.355 e. The molecular weight excluding hydrogens is 336 g/mol. The molecule has 0 aromatic carbocycles. The molecule has 0 radical (unpaired) electrons. The topological polar surface area (TPSA) is 80.9 Å². The second-order valence-electron chi connectivity index (χ2n) is 6.94. The smallest absolute Gasteiger partial charge is 0.355 e. The van der Waals surface area contributed by atoms with Gasteiger partial charge in [0.1, 0.15) is 5.69 Å². The lowest BCUT2D eigenvalue weighted by atomic mass is 10.0. The number of carbonyl (C=O) groups excluding carboxylic acids is 2. The van der Waals surface area contributed by atoms with E-state index in [-0.39, 0.29) is 11.9 Å². The van der Waals surface area contributed by atoms with Gasteiger partial charge in [0.25, 0.3) is 0 Å². The number of hydrogen-bond donors (Lipinski definition) is 1. The summed E-state index contributed by atoms with van der Waals surface area (Å²) in [4.78, 5) is 29.6. The van der Waals surface area contributed by atoms with Crippen molar-refractivity contribution in [1.29, 1.82) is 0 Å². The van der Waals surface area contributed by atoms with Gasteiger partial charge in [-0.2, -0.15) is 0 Å². The first-order valence-corrected chi connectivity index (χ1v) is 9.36. The number of nitrogens with zero attached hydrogens (tertiary/aromatic N) is 1. The molecule has 2 aliphatic rings. The molecule has 2 fully saturated rings. The predicted octanol–water partition coefficient (Wildman–Crippen LogP) is 2.11. The van der Waals surface area contributed by atoms with Crippen LogP contribution in [0.25, 0.3) is 0 Å². The van der Waals surface area contributed by atoms with Crippen molar-refractivity contribution >= 4 is 11.9 Å². The van der Waals surface area contributed by atoms with E-state index < -0.39 is 5.79 Å². The molecule has 26 heavy (non-hydrogen) atoms. The average Bonchev–Trinajstić information content (AvgIpc) is 3.19. The molecule has 144 valence electrons. The molecule has 0 atom stereocenters. The molecule has 0 saturated carbocycles. The molecule has 1 aromatic rings. The third-order valence-corrected chi connectivity index (χ3v) is 5.35. The van der Waals surface area contributed by atoms with Gasteiger partial charge in [0.05, 0.1) is 19.8 Å². The van der Waals surface area contributed by atoms with Crippen LogP contribution in [0.1, 0.15) is 53.5 Å². The Labute approximate surface area is 154 Å². The first-order valence-electron chi connectivity index (χ1n) is 9.36. The number of carbonyl (C=O) groups is 2.